The predicted octanol–water partition coefficient (Wildman–Crippen LogP) is 3.98. The maximum atomic E-state index is 5.34. The summed E-state index contributed by atoms with van der Waals surface area (Å²) >= 11 is 5.34. The van der Waals surface area contributed by atoms with E-state index in [1.807, 2.05) is 30.3 Å². The van der Waals surface area contributed by atoms with Crippen molar-refractivity contribution in [3.05, 3.63) is 65.7 Å². The largest absolute Gasteiger partial charge is 0.350 e. The summed E-state index contributed by atoms with van der Waals surface area (Å²) in [4.78, 5) is 0.847. The Kier molecular flexibility index (Phi) is 3.89. The number of hydrogen-bond donors (Lipinski definition) is 1. The molecule has 86 valence electrons. The molecular formula is C15H15NS. The Morgan fingerprint density at radius 3 is 2.29 bits per heavy atom. The Bertz CT molecular complexity index is 488. The van der Waals surface area contributed by atoms with Crippen LogP contribution in [0.15, 0.2) is 54.6 Å². The molecule has 0 aliphatic carbocycles. The van der Waals surface area contributed by atoms with E-state index in [0.29, 0.717) is 0 Å². The van der Waals surface area contributed by atoms with Gasteiger partial charge in [-0.05, 0) is 24.6 Å². The molecule has 0 saturated heterocycles. The summed E-state index contributed by atoms with van der Waals surface area (Å²) in [6.07, 6.45) is 0.782. The summed E-state index contributed by atoms with van der Waals surface area (Å²) < 4.78 is 0. The zero-order valence-corrected chi connectivity index (χ0v) is 10.6. The highest BCUT2D eigenvalue weighted by Crippen LogP contribution is 2.10. The molecule has 0 heterocycles. The quantitative estimate of drug-likeness (QED) is 0.816. The van der Waals surface area contributed by atoms with E-state index < -0.39 is 0 Å². The van der Waals surface area contributed by atoms with Crippen LogP contribution in [0.3, 0.4) is 0 Å². The average Bonchev–Trinajstić information content (AvgIpc) is 2.33. The van der Waals surface area contributed by atoms with Gasteiger partial charge in [0.25, 0.3) is 0 Å². The molecule has 2 aromatic carbocycles. The standard InChI is InChI=1S/C15H15NS/c1-12-7-9-14(10-8-12)16-15(17)11-13-5-3-2-4-6-13/h2-10H,11H2,1H3,(H,16,17). The van der Waals surface area contributed by atoms with E-state index in [0.717, 1.165) is 17.1 Å². The van der Waals surface area contributed by atoms with Gasteiger partial charge in [-0.3, -0.25) is 0 Å². The van der Waals surface area contributed by atoms with Gasteiger partial charge in [0.05, 0.1) is 4.99 Å². The first-order valence-corrected chi connectivity index (χ1v) is 6.05. The Morgan fingerprint density at radius 2 is 1.65 bits per heavy atom. The molecule has 0 aliphatic rings. The van der Waals surface area contributed by atoms with Crippen LogP contribution in [0.5, 0.6) is 0 Å². The van der Waals surface area contributed by atoms with Crippen LogP contribution in [0, 0.1) is 6.92 Å². The summed E-state index contributed by atoms with van der Waals surface area (Å²) in [6, 6.07) is 18.5. The number of hydrogen-bond acceptors (Lipinski definition) is 1. The molecule has 0 aliphatic heterocycles. The summed E-state index contributed by atoms with van der Waals surface area (Å²) in [7, 11) is 0. The summed E-state index contributed by atoms with van der Waals surface area (Å²) in [5.74, 6) is 0. The lowest BCUT2D eigenvalue weighted by molar-refractivity contribution is 1.34. The van der Waals surface area contributed by atoms with E-state index in [2.05, 4.69) is 36.5 Å². The first-order valence-electron chi connectivity index (χ1n) is 5.64. The second-order valence-electron chi connectivity index (χ2n) is 4.08. The fourth-order valence-electron chi connectivity index (χ4n) is 1.62. The monoisotopic (exact) mass is 241 g/mol. The minimum Gasteiger partial charge on any atom is -0.350 e. The van der Waals surface area contributed by atoms with Crippen molar-refractivity contribution in [2.45, 2.75) is 13.3 Å². The molecule has 0 unspecified atom stereocenters. The van der Waals surface area contributed by atoms with Crippen LogP contribution in [0.4, 0.5) is 5.69 Å². The highest BCUT2D eigenvalue weighted by Gasteiger charge is 1.99. The van der Waals surface area contributed by atoms with Gasteiger partial charge >= 0.3 is 0 Å². The molecule has 2 heteroatoms. The van der Waals surface area contributed by atoms with Crippen LogP contribution in [0.1, 0.15) is 11.1 Å². The van der Waals surface area contributed by atoms with Crippen LogP contribution in [-0.4, -0.2) is 4.99 Å². The maximum Gasteiger partial charge on any atom is 0.0841 e. The lowest BCUT2D eigenvalue weighted by Gasteiger charge is -2.08. The molecule has 0 fully saturated rings. The van der Waals surface area contributed by atoms with Gasteiger partial charge in [0.15, 0.2) is 0 Å². The minimum absolute atomic E-state index is 0.782. The molecule has 0 saturated carbocycles. The average molecular weight is 241 g/mol. The molecule has 0 bridgehead atoms. The molecule has 0 aromatic heterocycles. The lowest BCUT2D eigenvalue weighted by atomic mass is 10.1. The van der Waals surface area contributed by atoms with Crippen molar-refractivity contribution in [2.75, 3.05) is 5.32 Å². The Hall–Kier alpha value is -1.67. The van der Waals surface area contributed by atoms with Crippen LogP contribution >= 0.6 is 12.2 Å². The van der Waals surface area contributed by atoms with Crippen LogP contribution in [0.25, 0.3) is 0 Å². The van der Waals surface area contributed by atoms with Crippen LogP contribution in [0.2, 0.25) is 0 Å². The van der Waals surface area contributed by atoms with E-state index in [-0.39, 0.29) is 0 Å². The smallest absolute Gasteiger partial charge is 0.0841 e. The van der Waals surface area contributed by atoms with E-state index in [1.54, 1.807) is 0 Å². The number of anilines is 1. The zero-order chi connectivity index (χ0) is 12.1. The lowest BCUT2D eigenvalue weighted by Crippen LogP contribution is -2.11. The molecule has 0 atom stereocenters. The number of rotatable bonds is 3. The van der Waals surface area contributed by atoms with Crippen molar-refractivity contribution in [3.8, 4) is 0 Å². The summed E-state index contributed by atoms with van der Waals surface area (Å²) in [6.45, 7) is 2.08. The topological polar surface area (TPSA) is 12.0 Å². The molecular weight excluding hydrogens is 226 g/mol. The van der Waals surface area contributed by atoms with E-state index >= 15 is 0 Å². The molecule has 0 radical (unpaired) electrons. The Balaban J connectivity index is 1.96. The second kappa shape index (κ2) is 5.60. The van der Waals surface area contributed by atoms with Gasteiger partial charge in [-0.1, -0.05) is 60.2 Å². The minimum atomic E-state index is 0.782. The first-order chi connectivity index (χ1) is 8.24. The molecule has 0 amide bonds. The number of benzene rings is 2. The number of thiocarbonyl (C=S) groups is 1. The number of aryl methyl sites for hydroxylation is 1. The van der Waals surface area contributed by atoms with Crippen molar-refractivity contribution in [1.29, 1.82) is 0 Å². The van der Waals surface area contributed by atoms with Crippen LogP contribution in [-0.2, 0) is 6.42 Å². The molecule has 0 spiro atoms. The summed E-state index contributed by atoms with van der Waals surface area (Å²) in [5, 5.41) is 3.25. The second-order valence-corrected chi connectivity index (χ2v) is 4.57. The van der Waals surface area contributed by atoms with Gasteiger partial charge in [0.2, 0.25) is 0 Å². The van der Waals surface area contributed by atoms with Crippen molar-refractivity contribution in [3.63, 3.8) is 0 Å². The third kappa shape index (κ3) is 3.68. The van der Waals surface area contributed by atoms with E-state index in [9.17, 15) is 0 Å². The van der Waals surface area contributed by atoms with Crippen molar-refractivity contribution < 1.29 is 0 Å². The van der Waals surface area contributed by atoms with E-state index in [1.165, 1.54) is 11.1 Å². The zero-order valence-electron chi connectivity index (χ0n) is 9.81. The SMILES string of the molecule is Cc1ccc(NC(=S)Cc2ccccc2)cc1. The maximum absolute atomic E-state index is 5.34. The third-order valence-electron chi connectivity index (χ3n) is 2.54. The Morgan fingerprint density at radius 1 is 1.00 bits per heavy atom. The van der Waals surface area contributed by atoms with Gasteiger partial charge in [-0.25, -0.2) is 0 Å². The highest BCUT2D eigenvalue weighted by molar-refractivity contribution is 7.80. The first kappa shape index (κ1) is 11.8. The summed E-state index contributed by atoms with van der Waals surface area (Å²) in [5.41, 5.74) is 3.54. The van der Waals surface area contributed by atoms with Gasteiger partial charge in [0.1, 0.15) is 0 Å². The normalized spacial score (nSPS) is 9.94. The van der Waals surface area contributed by atoms with Crippen molar-refractivity contribution >= 4 is 22.9 Å². The van der Waals surface area contributed by atoms with Gasteiger partial charge in [-0.2, -0.15) is 0 Å². The van der Waals surface area contributed by atoms with Crippen LogP contribution < -0.4 is 5.32 Å². The molecule has 2 rings (SSSR count). The third-order valence-corrected chi connectivity index (χ3v) is 2.79. The van der Waals surface area contributed by atoms with Crippen molar-refractivity contribution in [2.24, 2.45) is 0 Å². The molecule has 1 N–H and O–H groups in total. The molecule has 1 nitrogen and oxygen atoms in total. The fraction of sp³-hybridized carbons (Fsp3) is 0.133. The highest BCUT2D eigenvalue weighted by atomic mass is 32.1. The molecule has 17 heavy (non-hydrogen) atoms. The van der Waals surface area contributed by atoms with Gasteiger partial charge in [-0.15, -0.1) is 0 Å². The molecule has 2 aromatic rings. The number of nitrogens with one attached hydrogen (secondary N) is 1. The van der Waals surface area contributed by atoms with Crippen molar-refractivity contribution in [1.82, 2.24) is 0 Å². The van der Waals surface area contributed by atoms with Gasteiger partial charge in [0, 0.05) is 12.1 Å². The van der Waals surface area contributed by atoms with Gasteiger partial charge < -0.3 is 5.32 Å². The fourth-order valence-corrected chi connectivity index (χ4v) is 1.91. The predicted molar refractivity (Wildman–Crippen MR) is 77.5 cm³/mol. The Labute approximate surface area is 107 Å². The van der Waals surface area contributed by atoms with E-state index in [4.69, 9.17) is 12.2 Å².